The van der Waals surface area contributed by atoms with Crippen LogP contribution >= 0.6 is 0 Å². The molecular formula is C20H22O4. The van der Waals surface area contributed by atoms with Gasteiger partial charge in [0.15, 0.2) is 5.78 Å². The van der Waals surface area contributed by atoms with Crippen LogP contribution in [0.1, 0.15) is 27.0 Å². The first-order valence-electron chi connectivity index (χ1n) is 7.59. The molecule has 4 nitrogen and oxygen atoms in total. The van der Waals surface area contributed by atoms with Gasteiger partial charge in [0, 0.05) is 16.7 Å². The van der Waals surface area contributed by atoms with Gasteiger partial charge in [0.1, 0.15) is 17.2 Å². The highest BCUT2D eigenvalue weighted by atomic mass is 16.5. The number of aryl methyl sites for hydroxylation is 1. The molecule has 2 aromatic carbocycles. The normalized spacial score (nSPS) is 10.7. The molecule has 0 amide bonds. The lowest BCUT2D eigenvalue weighted by Gasteiger charge is -2.12. The van der Waals surface area contributed by atoms with E-state index in [2.05, 4.69) is 0 Å². The molecule has 126 valence electrons. The number of methoxy groups -OCH3 is 3. The fourth-order valence-electron chi connectivity index (χ4n) is 2.59. The fourth-order valence-corrected chi connectivity index (χ4v) is 2.59. The Morgan fingerprint density at radius 2 is 1.71 bits per heavy atom. The van der Waals surface area contributed by atoms with Crippen LogP contribution in [-0.4, -0.2) is 27.1 Å². The minimum Gasteiger partial charge on any atom is -0.497 e. The highest BCUT2D eigenvalue weighted by molar-refractivity contribution is 6.07. The maximum absolute atomic E-state index is 12.4. The number of carbonyl (C=O) groups is 1. The average Bonchev–Trinajstić information content (AvgIpc) is 2.59. The molecule has 4 heteroatoms. The predicted molar refractivity (Wildman–Crippen MR) is 95.4 cm³/mol. The standard InChI is InChI=1S/C20H22O4/c1-13-10-16(12-17(11-13)22-3)18(21)8-6-15-7-9-19(23-4)14(2)20(15)24-5/h6-12H,1-5H3/b8-6+. The SMILES string of the molecule is COc1cc(C)cc(C(=O)/C=C/c2ccc(OC)c(C)c2OC)c1. The van der Waals surface area contributed by atoms with Crippen molar-refractivity contribution in [1.29, 1.82) is 0 Å². The van der Waals surface area contributed by atoms with Crippen molar-refractivity contribution in [2.75, 3.05) is 21.3 Å². The topological polar surface area (TPSA) is 44.8 Å². The van der Waals surface area contributed by atoms with Crippen molar-refractivity contribution in [3.8, 4) is 17.2 Å². The Hall–Kier alpha value is -2.75. The molecule has 0 fully saturated rings. The van der Waals surface area contributed by atoms with Crippen molar-refractivity contribution in [2.45, 2.75) is 13.8 Å². The summed E-state index contributed by atoms with van der Waals surface area (Å²) in [5, 5.41) is 0. The van der Waals surface area contributed by atoms with Crippen molar-refractivity contribution in [3.63, 3.8) is 0 Å². The van der Waals surface area contributed by atoms with Gasteiger partial charge in [0.25, 0.3) is 0 Å². The van der Waals surface area contributed by atoms with Crippen LogP contribution in [0.5, 0.6) is 17.2 Å². The molecule has 0 aliphatic rings. The summed E-state index contributed by atoms with van der Waals surface area (Å²) in [6.07, 6.45) is 3.29. The van der Waals surface area contributed by atoms with E-state index >= 15 is 0 Å². The van der Waals surface area contributed by atoms with E-state index < -0.39 is 0 Å². The van der Waals surface area contributed by atoms with Crippen molar-refractivity contribution < 1.29 is 19.0 Å². The van der Waals surface area contributed by atoms with Gasteiger partial charge in [0.2, 0.25) is 0 Å². The molecule has 0 unspecified atom stereocenters. The first kappa shape index (κ1) is 17.6. The van der Waals surface area contributed by atoms with Crippen molar-refractivity contribution in [2.24, 2.45) is 0 Å². The zero-order valence-electron chi connectivity index (χ0n) is 14.7. The second-order valence-electron chi connectivity index (χ2n) is 5.45. The predicted octanol–water partition coefficient (Wildman–Crippen LogP) is 4.23. The van der Waals surface area contributed by atoms with E-state index in [1.165, 1.54) is 6.08 Å². The Morgan fingerprint density at radius 1 is 0.958 bits per heavy atom. The Balaban J connectivity index is 2.32. The largest absolute Gasteiger partial charge is 0.497 e. The second kappa shape index (κ2) is 7.68. The van der Waals surface area contributed by atoms with E-state index in [0.717, 1.165) is 22.4 Å². The number of carbonyl (C=O) groups excluding carboxylic acids is 1. The minimum absolute atomic E-state index is 0.0903. The van der Waals surface area contributed by atoms with E-state index in [4.69, 9.17) is 14.2 Å². The van der Waals surface area contributed by atoms with Gasteiger partial charge in [-0.25, -0.2) is 0 Å². The molecule has 0 aliphatic heterocycles. The first-order valence-corrected chi connectivity index (χ1v) is 7.59. The van der Waals surface area contributed by atoms with Crippen molar-refractivity contribution in [1.82, 2.24) is 0 Å². The van der Waals surface area contributed by atoms with Gasteiger partial charge >= 0.3 is 0 Å². The second-order valence-corrected chi connectivity index (χ2v) is 5.45. The Bertz CT molecular complexity index is 775. The number of hydrogen-bond acceptors (Lipinski definition) is 4. The zero-order chi connectivity index (χ0) is 17.7. The lowest BCUT2D eigenvalue weighted by Crippen LogP contribution is -1.98. The number of benzene rings is 2. The van der Waals surface area contributed by atoms with Crippen LogP contribution in [-0.2, 0) is 0 Å². The summed E-state index contributed by atoms with van der Waals surface area (Å²) in [5.74, 6) is 2.02. The van der Waals surface area contributed by atoms with E-state index in [1.807, 2.05) is 38.1 Å². The van der Waals surface area contributed by atoms with Crippen LogP contribution in [0.4, 0.5) is 0 Å². The maximum Gasteiger partial charge on any atom is 0.185 e. The van der Waals surface area contributed by atoms with Gasteiger partial charge in [-0.05, 0) is 61.9 Å². The fraction of sp³-hybridized carbons (Fsp3) is 0.250. The molecule has 0 spiro atoms. The van der Waals surface area contributed by atoms with E-state index in [-0.39, 0.29) is 5.78 Å². The molecule has 0 radical (unpaired) electrons. The highest BCUT2D eigenvalue weighted by Gasteiger charge is 2.10. The first-order chi connectivity index (χ1) is 11.5. The molecule has 0 bridgehead atoms. The number of rotatable bonds is 6. The Morgan fingerprint density at radius 3 is 2.33 bits per heavy atom. The quantitative estimate of drug-likeness (QED) is 0.589. The maximum atomic E-state index is 12.4. The minimum atomic E-state index is -0.0903. The van der Waals surface area contributed by atoms with Gasteiger partial charge in [-0.2, -0.15) is 0 Å². The van der Waals surface area contributed by atoms with Crippen LogP contribution in [0.15, 0.2) is 36.4 Å². The third-order valence-electron chi connectivity index (χ3n) is 3.80. The molecule has 0 heterocycles. The number of ether oxygens (including phenoxy) is 3. The monoisotopic (exact) mass is 326 g/mol. The van der Waals surface area contributed by atoms with Crippen molar-refractivity contribution in [3.05, 3.63) is 58.7 Å². The molecule has 0 aliphatic carbocycles. The summed E-state index contributed by atoms with van der Waals surface area (Å²) < 4.78 is 16.0. The van der Waals surface area contributed by atoms with Gasteiger partial charge < -0.3 is 14.2 Å². The van der Waals surface area contributed by atoms with Crippen LogP contribution in [0, 0.1) is 13.8 Å². The summed E-state index contributed by atoms with van der Waals surface area (Å²) in [4.78, 5) is 12.4. The molecule has 0 aromatic heterocycles. The summed E-state index contributed by atoms with van der Waals surface area (Å²) in [5.41, 5.74) is 3.28. The number of hydrogen-bond donors (Lipinski definition) is 0. The summed E-state index contributed by atoms with van der Waals surface area (Å²) >= 11 is 0. The lowest BCUT2D eigenvalue weighted by atomic mass is 10.0. The Kier molecular flexibility index (Phi) is 5.64. The number of ketones is 1. The molecular weight excluding hydrogens is 304 g/mol. The van der Waals surface area contributed by atoms with Gasteiger partial charge in [-0.3, -0.25) is 4.79 Å². The van der Waals surface area contributed by atoms with E-state index in [9.17, 15) is 4.79 Å². The third kappa shape index (κ3) is 3.77. The summed E-state index contributed by atoms with van der Waals surface area (Å²) in [6.45, 7) is 3.85. The lowest BCUT2D eigenvalue weighted by molar-refractivity contribution is 0.104. The van der Waals surface area contributed by atoms with Crippen LogP contribution in [0.2, 0.25) is 0 Å². The van der Waals surface area contributed by atoms with E-state index in [0.29, 0.717) is 17.1 Å². The molecule has 0 N–H and O–H groups in total. The molecule has 2 rings (SSSR count). The smallest absolute Gasteiger partial charge is 0.185 e. The Labute approximate surface area is 142 Å². The molecule has 0 saturated carbocycles. The van der Waals surface area contributed by atoms with Crippen LogP contribution in [0.25, 0.3) is 6.08 Å². The van der Waals surface area contributed by atoms with Gasteiger partial charge in [0.05, 0.1) is 21.3 Å². The number of allylic oxidation sites excluding steroid dienone is 1. The van der Waals surface area contributed by atoms with Gasteiger partial charge in [-0.1, -0.05) is 0 Å². The van der Waals surface area contributed by atoms with Crippen LogP contribution in [0.3, 0.4) is 0 Å². The molecule has 2 aromatic rings. The van der Waals surface area contributed by atoms with Crippen molar-refractivity contribution >= 4 is 11.9 Å². The highest BCUT2D eigenvalue weighted by Crippen LogP contribution is 2.32. The summed E-state index contributed by atoms with van der Waals surface area (Å²) in [7, 11) is 4.81. The average molecular weight is 326 g/mol. The molecule has 0 atom stereocenters. The third-order valence-corrected chi connectivity index (χ3v) is 3.80. The molecule has 0 saturated heterocycles. The van der Waals surface area contributed by atoms with E-state index in [1.54, 1.807) is 33.5 Å². The summed E-state index contributed by atoms with van der Waals surface area (Å²) in [6, 6.07) is 9.18. The van der Waals surface area contributed by atoms with Crippen LogP contribution < -0.4 is 14.2 Å². The zero-order valence-corrected chi connectivity index (χ0v) is 14.7. The van der Waals surface area contributed by atoms with Gasteiger partial charge in [-0.15, -0.1) is 0 Å². The molecule has 24 heavy (non-hydrogen) atoms.